The van der Waals surface area contributed by atoms with E-state index in [1.54, 1.807) is 6.07 Å². The second kappa shape index (κ2) is 6.21. The summed E-state index contributed by atoms with van der Waals surface area (Å²) in [5.41, 5.74) is 1.83. The number of nitrogens with zero attached hydrogens (tertiary/aromatic N) is 1. The molecule has 0 saturated carbocycles. The van der Waals surface area contributed by atoms with Crippen LogP contribution >= 0.6 is 12.4 Å². The van der Waals surface area contributed by atoms with E-state index in [2.05, 4.69) is 16.3 Å². The van der Waals surface area contributed by atoms with E-state index in [0.29, 0.717) is 6.04 Å². The SMILES string of the molecule is Cc1ccc(CN2CCC3CCC(C2)N3)cc1F.Cl. The lowest BCUT2D eigenvalue weighted by atomic mass is 10.1. The Morgan fingerprint density at radius 3 is 2.84 bits per heavy atom. The maximum atomic E-state index is 13.5. The average Bonchev–Trinajstić information content (AvgIpc) is 2.68. The molecule has 1 aromatic rings. The number of fused-ring (bicyclic) bond motifs is 2. The number of nitrogens with one attached hydrogen (secondary N) is 1. The van der Waals surface area contributed by atoms with E-state index in [0.717, 1.165) is 36.8 Å². The predicted octanol–water partition coefficient (Wildman–Crippen LogP) is 2.88. The van der Waals surface area contributed by atoms with E-state index in [4.69, 9.17) is 0 Å². The fraction of sp³-hybridized carbons (Fsp3) is 0.600. The molecule has 2 unspecified atom stereocenters. The van der Waals surface area contributed by atoms with Crippen LogP contribution in [0, 0.1) is 12.7 Å². The highest BCUT2D eigenvalue weighted by Crippen LogP contribution is 2.21. The van der Waals surface area contributed by atoms with Gasteiger partial charge in [-0.25, -0.2) is 4.39 Å². The molecule has 0 spiro atoms. The van der Waals surface area contributed by atoms with Gasteiger partial charge in [0.1, 0.15) is 5.82 Å². The van der Waals surface area contributed by atoms with Gasteiger partial charge in [-0.15, -0.1) is 12.4 Å². The first-order valence-corrected chi connectivity index (χ1v) is 6.94. The molecule has 4 heteroatoms. The molecular weight excluding hydrogens is 263 g/mol. The Hall–Kier alpha value is -0.640. The molecule has 2 nitrogen and oxygen atoms in total. The first-order valence-electron chi connectivity index (χ1n) is 6.94. The van der Waals surface area contributed by atoms with Crippen LogP contribution in [0.25, 0.3) is 0 Å². The molecule has 2 aliphatic rings. The van der Waals surface area contributed by atoms with Gasteiger partial charge in [0.25, 0.3) is 0 Å². The van der Waals surface area contributed by atoms with Crippen LogP contribution in [0.2, 0.25) is 0 Å². The van der Waals surface area contributed by atoms with Crippen molar-refractivity contribution in [1.82, 2.24) is 10.2 Å². The zero-order chi connectivity index (χ0) is 12.5. The van der Waals surface area contributed by atoms with Gasteiger partial charge in [0.05, 0.1) is 0 Å². The first kappa shape index (κ1) is 14.8. The minimum Gasteiger partial charge on any atom is -0.310 e. The second-order valence-corrected chi connectivity index (χ2v) is 5.75. The third kappa shape index (κ3) is 3.47. The highest BCUT2D eigenvalue weighted by atomic mass is 35.5. The topological polar surface area (TPSA) is 15.3 Å². The van der Waals surface area contributed by atoms with Crippen molar-refractivity contribution in [3.8, 4) is 0 Å². The zero-order valence-electron chi connectivity index (χ0n) is 11.4. The van der Waals surface area contributed by atoms with Crippen LogP contribution in [0.1, 0.15) is 30.4 Å². The van der Waals surface area contributed by atoms with Crippen molar-refractivity contribution in [3.05, 3.63) is 35.1 Å². The van der Waals surface area contributed by atoms with Gasteiger partial charge < -0.3 is 5.32 Å². The number of halogens is 2. The third-order valence-electron chi connectivity index (χ3n) is 4.25. The quantitative estimate of drug-likeness (QED) is 0.898. The summed E-state index contributed by atoms with van der Waals surface area (Å²) in [5, 5.41) is 3.67. The van der Waals surface area contributed by atoms with Crippen molar-refractivity contribution in [3.63, 3.8) is 0 Å². The van der Waals surface area contributed by atoms with Crippen molar-refractivity contribution in [1.29, 1.82) is 0 Å². The lowest BCUT2D eigenvalue weighted by Gasteiger charge is -2.24. The third-order valence-corrected chi connectivity index (χ3v) is 4.25. The van der Waals surface area contributed by atoms with Gasteiger partial charge in [-0.2, -0.15) is 0 Å². The second-order valence-electron chi connectivity index (χ2n) is 5.75. The maximum Gasteiger partial charge on any atom is 0.126 e. The monoisotopic (exact) mass is 284 g/mol. The molecule has 106 valence electrons. The highest BCUT2D eigenvalue weighted by Gasteiger charge is 2.28. The number of hydrogen-bond acceptors (Lipinski definition) is 2. The van der Waals surface area contributed by atoms with E-state index in [1.807, 2.05) is 13.0 Å². The van der Waals surface area contributed by atoms with E-state index in [-0.39, 0.29) is 18.2 Å². The minimum atomic E-state index is -0.0815. The predicted molar refractivity (Wildman–Crippen MR) is 78.2 cm³/mol. The van der Waals surface area contributed by atoms with Crippen LogP contribution in [0.15, 0.2) is 18.2 Å². The van der Waals surface area contributed by atoms with E-state index < -0.39 is 0 Å². The Kier molecular flexibility index (Phi) is 4.82. The van der Waals surface area contributed by atoms with Crippen molar-refractivity contribution in [2.24, 2.45) is 0 Å². The van der Waals surface area contributed by atoms with Crippen LogP contribution in [0.3, 0.4) is 0 Å². The molecule has 1 aromatic carbocycles. The van der Waals surface area contributed by atoms with Crippen molar-refractivity contribution in [2.75, 3.05) is 13.1 Å². The van der Waals surface area contributed by atoms with E-state index in [1.165, 1.54) is 19.3 Å². The highest BCUT2D eigenvalue weighted by molar-refractivity contribution is 5.85. The molecule has 2 saturated heterocycles. The van der Waals surface area contributed by atoms with Gasteiger partial charge >= 0.3 is 0 Å². The smallest absolute Gasteiger partial charge is 0.126 e. The fourth-order valence-corrected chi connectivity index (χ4v) is 3.15. The summed E-state index contributed by atoms with van der Waals surface area (Å²) in [7, 11) is 0. The summed E-state index contributed by atoms with van der Waals surface area (Å²) in [5.74, 6) is -0.0815. The van der Waals surface area contributed by atoms with E-state index in [9.17, 15) is 4.39 Å². The van der Waals surface area contributed by atoms with Crippen molar-refractivity contribution in [2.45, 2.75) is 44.8 Å². The molecule has 0 amide bonds. The average molecular weight is 285 g/mol. The molecule has 3 rings (SSSR count). The van der Waals surface area contributed by atoms with Crippen molar-refractivity contribution >= 4 is 12.4 Å². The standard InChI is InChI=1S/C15H21FN2.ClH/c1-11-2-3-12(8-15(11)16)9-18-7-6-13-4-5-14(10-18)17-13;/h2-3,8,13-14,17H,4-7,9-10H2,1H3;1H. The van der Waals surface area contributed by atoms with Gasteiger partial charge in [0, 0.05) is 31.7 Å². The Balaban J connectivity index is 0.00000133. The Bertz CT molecular complexity index is 438. The summed E-state index contributed by atoms with van der Waals surface area (Å²) >= 11 is 0. The molecule has 0 radical (unpaired) electrons. The van der Waals surface area contributed by atoms with Crippen LogP contribution in [0.4, 0.5) is 4.39 Å². The van der Waals surface area contributed by atoms with Crippen LogP contribution in [-0.4, -0.2) is 30.1 Å². The molecule has 1 N–H and O–H groups in total. The number of rotatable bonds is 2. The van der Waals surface area contributed by atoms with E-state index >= 15 is 0 Å². The first-order chi connectivity index (χ1) is 8.70. The van der Waals surface area contributed by atoms with Gasteiger partial charge in [-0.3, -0.25) is 4.90 Å². The molecule has 2 bridgehead atoms. The van der Waals surface area contributed by atoms with Crippen LogP contribution in [-0.2, 0) is 6.54 Å². The van der Waals surface area contributed by atoms with Gasteiger partial charge in [0.15, 0.2) is 0 Å². The number of likely N-dealkylation sites (tertiary alicyclic amines) is 1. The number of benzene rings is 1. The molecule has 0 aromatic heterocycles. The summed E-state index contributed by atoms with van der Waals surface area (Å²) in [4.78, 5) is 2.46. The zero-order valence-corrected chi connectivity index (χ0v) is 12.2. The molecule has 2 fully saturated rings. The molecule has 2 atom stereocenters. The maximum absolute atomic E-state index is 13.5. The molecule has 2 heterocycles. The minimum absolute atomic E-state index is 0. The normalized spacial score (nSPS) is 26.8. The molecule has 19 heavy (non-hydrogen) atoms. The van der Waals surface area contributed by atoms with Crippen molar-refractivity contribution < 1.29 is 4.39 Å². The lowest BCUT2D eigenvalue weighted by Crippen LogP contribution is -2.34. The summed E-state index contributed by atoms with van der Waals surface area (Å²) in [6.45, 7) is 4.92. The summed E-state index contributed by atoms with van der Waals surface area (Å²) in [6.07, 6.45) is 3.85. The largest absolute Gasteiger partial charge is 0.310 e. The number of hydrogen-bond donors (Lipinski definition) is 1. The van der Waals surface area contributed by atoms with Crippen LogP contribution < -0.4 is 5.32 Å². The van der Waals surface area contributed by atoms with Gasteiger partial charge in [-0.05, 0) is 43.4 Å². The number of aryl methyl sites for hydroxylation is 1. The van der Waals surface area contributed by atoms with Gasteiger partial charge in [-0.1, -0.05) is 12.1 Å². The fourth-order valence-electron chi connectivity index (χ4n) is 3.15. The lowest BCUT2D eigenvalue weighted by molar-refractivity contribution is 0.250. The molecule has 2 aliphatic heterocycles. The Morgan fingerprint density at radius 2 is 2.05 bits per heavy atom. The Labute approximate surface area is 120 Å². The molecular formula is C15H22ClFN2. The summed E-state index contributed by atoms with van der Waals surface area (Å²) in [6, 6.07) is 6.98. The Morgan fingerprint density at radius 1 is 1.26 bits per heavy atom. The van der Waals surface area contributed by atoms with Gasteiger partial charge in [0.2, 0.25) is 0 Å². The summed E-state index contributed by atoms with van der Waals surface area (Å²) < 4.78 is 13.5. The van der Waals surface area contributed by atoms with Crippen LogP contribution in [0.5, 0.6) is 0 Å². The molecule has 0 aliphatic carbocycles.